The second-order valence-electron chi connectivity index (χ2n) is 18.9. The minimum absolute atomic E-state index is 0. The van der Waals surface area contributed by atoms with E-state index in [0.29, 0.717) is 18.0 Å². The fourth-order valence-corrected chi connectivity index (χ4v) is 4.90. The molecule has 0 aliphatic rings. The number of nitrogens with zero attached hydrogens (tertiary/aromatic N) is 3. The van der Waals surface area contributed by atoms with E-state index in [1.807, 2.05) is 41.5 Å². The number of methoxy groups -OCH3 is 1. The Morgan fingerprint density at radius 3 is 1.49 bits per heavy atom. The average molecular weight is 1120 g/mol. The van der Waals surface area contributed by atoms with Gasteiger partial charge in [0.2, 0.25) is 0 Å². The molecule has 0 saturated carbocycles. The number of alkyl halides is 1. The number of aliphatic hydroxyl groups excluding tert-OH is 1. The Hall–Kier alpha value is -2.92. The normalized spacial score (nSPS) is 11.2. The van der Waals surface area contributed by atoms with E-state index < -0.39 is 57.2 Å². The Kier molecular flexibility index (Phi) is 41.4. The van der Waals surface area contributed by atoms with Gasteiger partial charge < -0.3 is 35.7 Å². The molecule has 396 valence electrons. The van der Waals surface area contributed by atoms with Crippen LogP contribution in [0.15, 0.2) is 19.0 Å². The molecule has 0 aromatic carbocycles. The number of aldehydes is 1. The minimum atomic E-state index is -3.72. The van der Waals surface area contributed by atoms with Crippen molar-refractivity contribution in [3.8, 4) is 0 Å². The van der Waals surface area contributed by atoms with Crippen molar-refractivity contribution in [3.63, 3.8) is 0 Å². The van der Waals surface area contributed by atoms with Gasteiger partial charge in [-0.2, -0.15) is 8.42 Å². The summed E-state index contributed by atoms with van der Waals surface area (Å²) in [4.78, 5) is 87.0. The van der Waals surface area contributed by atoms with E-state index in [4.69, 9.17) is 32.8 Å². The number of carbonyl (C=O) groups is 6. The fourth-order valence-electron chi connectivity index (χ4n) is 4.51. The van der Waals surface area contributed by atoms with Crippen LogP contribution in [0.1, 0.15) is 169 Å². The van der Waals surface area contributed by atoms with Crippen LogP contribution in [0.3, 0.4) is 0 Å². The first-order valence-electron chi connectivity index (χ1n) is 20.5. The van der Waals surface area contributed by atoms with E-state index in [9.17, 15) is 28.8 Å². The summed E-state index contributed by atoms with van der Waals surface area (Å²) < 4.78 is 49.0. The molecule has 3 rings (SSSR count). The van der Waals surface area contributed by atoms with E-state index in [0.717, 1.165) is 29.1 Å². The predicted octanol–water partition coefficient (Wildman–Crippen LogP) is 4.74. The summed E-state index contributed by atoms with van der Waals surface area (Å²) in [7, 11) is 6.16. The molecule has 0 fully saturated rings. The van der Waals surface area contributed by atoms with Crippen molar-refractivity contribution in [1.29, 1.82) is 0 Å². The van der Waals surface area contributed by atoms with E-state index >= 15 is 0 Å². The van der Waals surface area contributed by atoms with E-state index in [-0.39, 0.29) is 85.1 Å². The number of carbonyl (C=O) groups excluding carboxylic acids is 6. The first-order chi connectivity index (χ1) is 30.7. The number of esters is 3. The third-order valence-corrected chi connectivity index (χ3v) is 8.17. The van der Waals surface area contributed by atoms with Gasteiger partial charge in [-0.15, -0.1) is 11.6 Å². The predicted molar refractivity (Wildman–Crippen MR) is 260 cm³/mol. The van der Waals surface area contributed by atoms with Crippen LogP contribution in [-0.2, 0) is 87.0 Å². The quantitative estimate of drug-likeness (QED) is 0.0428. The molecule has 0 aliphatic heterocycles. The number of nitrogens with one attached hydrogen (secondary N) is 3. The van der Waals surface area contributed by atoms with Crippen LogP contribution in [0.4, 0.5) is 0 Å². The molecule has 3 aromatic rings. The van der Waals surface area contributed by atoms with Crippen molar-refractivity contribution in [2.45, 2.75) is 152 Å². The molecular formula is C43H72AlCl3LiMnN6O14S. The molecule has 20 nitrogen and oxygen atoms in total. The Balaban J connectivity index is -0.000000137. The standard InChI is InChI=1S/C9H15ClO3.C9H14N2O2.C9H16O3.C8H14N2O.C8H12N2O.Al.Cl2O2S.Li.Mn.2O.H/c1-5-13-8(12)6(10)7(11)9(2,3)4;1-9(2,3)7-6(8(12)13-4)10-5-11-7;1-5-12-8(11)6-7(10)9(2,3)4;2*1-8(2,3)7-6(4-11)9-5-10-7;;1-5(2,3)4;;;;;/h6H,5H2,1-4H3;5H,1-4H3,(H,10,11);5-6H2,1-4H3;5,11H,4H2,1-3H3,(H,9,10);4-5H,1-3H3,(H,9,10);;;;;;;/q;;;;;;;+1;;;;-1. The number of H-pyrrole nitrogens is 3. The molecule has 1 atom stereocenters. The molecule has 27 heteroatoms. The van der Waals surface area contributed by atoms with Crippen molar-refractivity contribution in [2.24, 2.45) is 10.8 Å². The molecule has 0 amide bonds. The Bertz CT molecular complexity index is 2170. The Labute approximate surface area is 457 Å². The maximum atomic E-state index is 11.4. The zero-order chi connectivity index (χ0) is 54.7. The second-order valence-corrected chi connectivity index (χ2v) is 23.2. The van der Waals surface area contributed by atoms with Crippen molar-refractivity contribution >= 4 is 94.4 Å². The van der Waals surface area contributed by atoms with Gasteiger partial charge in [0.25, 0.3) is 0 Å². The van der Waals surface area contributed by atoms with Crippen molar-refractivity contribution in [1.82, 2.24) is 29.9 Å². The number of aromatic amines is 3. The van der Waals surface area contributed by atoms with Gasteiger partial charge in [0, 0.05) is 65.8 Å². The van der Waals surface area contributed by atoms with Crippen LogP contribution < -0.4 is 18.9 Å². The summed E-state index contributed by atoms with van der Waals surface area (Å²) >= 11 is 4.18. The van der Waals surface area contributed by atoms with Crippen molar-refractivity contribution in [3.05, 3.63) is 53.1 Å². The Morgan fingerprint density at radius 1 is 0.757 bits per heavy atom. The number of hydrogen-bond donors (Lipinski definition) is 4. The van der Waals surface area contributed by atoms with Gasteiger partial charge in [0.1, 0.15) is 17.9 Å². The third-order valence-electron chi connectivity index (χ3n) is 7.79. The van der Waals surface area contributed by atoms with Gasteiger partial charge >= 0.3 is 67.5 Å². The molecule has 3 heterocycles. The third kappa shape index (κ3) is 36.9. The van der Waals surface area contributed by atoms with Gasteiger partial charge in [0.15, 0.2) is 23.1 Å². The summed E-state index contributed by atoms with van der Waals surface area (Å²) in [5.41, 5.74) is 3.13. The Morgan fingerprint density at radius 2 is 1.17 bits per heavy atom. The summed E-state index contributed by atoms with van der Waals surface area (Å²) in [5, 5.41) is 7.72. The van der Waals surface area contributed by atoms with Crippen molar-refractivity contribution in [2.75, 3.05) is 20.3 Å². The summed E-state index contributed by atoms with van der Waals surface area (Å²) in [6.45, 7) is 32.8. The van der Waals surface area contributed by atoms with E-state index in [1.54, 1.807) is 68.0 Å². The number of ketones is 2. The zero-order valence-electron chi connectivity index (χ0n) is 44.8. The molecule has 4 N–H and O–H groups in total. The van der Waals surface area contributed by atoms with E-state index in [2.05, 4.69) is 86.3 Å². The number of aromatic nitrogens is 6. The molecule has 3 aromatic heterocycles. The molecular weight excluding hydrogens is 1050 g/mol. The molecule has 70 heavy (non-hydrogen) atoms. The zero-order valence-corrected chi connectivity index (χ0v) is 49.2. The van der Waals surface area contributed by atoms with Crippen molar-refractivity contribution < 1.29 is 99.3 Å². The van der Waals surface area contributed by atoms with Gasteiger partial charge in [-0.3, -0.25) is 19.2 Å². The molecule has 0 saturated heterocycles. The molecule has 0 aliphatic carbocycles. The van der Waals surface area contributed by atoms with Gasteiger partial charge in [-0.25, -0.2) is 24.5 Å². The number of imidazole rings is 3. The molecule has 3 radical (unpaired) electrons. The fraction of sp³-hybridized carbons (Fsp3) is 0.651. The van der Waals surface area contributed by atoms with Crippen LogP contribution in [0.25, 0.3) is 0 Å². The van der Waals surface area contributed by atoms with E-state index in [1.165, 1.54) is 13.4 Å². The second kappa shape index (κ2) is 36.9. The number of aliphatic hydroxyl groups is 1. The van der Waals surface area contributed by atoms with Crippen LogP contribution >= 0.6 is 33.0 Å². The number of hydrogen-bond acceptors (Lipinski definition) is 17. The maximum absolute atomic E-state index is 11.4. The number of rotatable bonds is 9. The van der Waals surface area contributed by atoms with Crippen LogP contribution in [0.5, 0.6) is 0 Å². The number of halogens is 3. The van der Waals surface area contributed by atoms with Crippen LogP contribution in [0.2, 0.25) is 0 Å². The summed E-state index contributed by atoms with van der Waals surface area (Å²) in [6.07, 6.45) is 5.33. The summed E-state index contributed by atoms with van der Waals surface area (Å²) in [5.74, 6) is -1.89. The van der Waals surface area contributed by atoms with Gasteiger partial charge in [-0.05, 0) is 13.8 Å². The molecule has 0 bridgehead atoms. The number of Topliss-reactive ketones (excluding diaryl/α,β-unsaturated/α-hetero) is 2. The summed E-state index contributed by atoms with van der Waals surface area (Å²) in [6, 6.07) is 0. The molecule has 1 unspecified atom stereocenters. The first kappa shape index (κ1) is 78.5. The topological polar surface area (TPSA) is 305 Å². The van der Waals surface area contributed by atoms with Gasteiger partial charge in [0.05, 0.1) is 68.7 Å². The number of ether oxygens (including phenoxy) is 3. The van der Waals surface area contributed by atoms with Crippen LogP contribution in [0, 0.1) is 10.8 Å². The first-order valence-corrected chi connectivity index (χ1v) is 25.0. The SMILES string of the molecule is CC(C)(C)c1[nH]cnc1C=O.CC(C)(C)c1nc[nH]c1CO.CCOC(=O)C(Cl)C(=O)C(C)(C)C.CCOC(=O)CC(=O)C(C)(C)C.COC(=O)c1nc[nH]c1C(C)(C)C.O=S(=O)(Cl)Cl.[Al].[H-].[Li+].[O]=[Mn]=[O]. The average Bonchev–Trinajstić information content (AvgIpc) is 3.98. The van der Waals surface area contributed by atoms with Gasteiger partial charge in [-0.1, -0.05) is 104 Å². The van der Waals surface area contributed by atoms with Crippen LogP contribution in [-0.4, -0.2) is 122 Å². The monoisotopic (exact) mass is 1120 g/mol. The molecule has 0 spiro atoms.